The van der Waals surface area contributed by atoms with Crippen LogP contribution in [0.15, 0.2) is 48.5 Å². The minimum absolute atomic E-state index is 0.0834. The molecule has 0 aliphatic heterocycles. The van der Waals surface area contributed by atoms with Crippen molar-refractivity contribution in [2.24, 2.45) is 0 Å². The van der Waals surface area contributed by atoms with Gasteiger partial charge in [-0.3, -0.25) is 0 Å². The second-order valence-electron chi connectivity index (χ2n) is 6.74. The van der Waals surface area contributed by atoms with Gasteiger partial charge in [-0.2, -0.15) is 0 Å². The molecule has 5 heteroatoms. The van der Waals surface area contributed by atoms with Gasteiger partial charge in [0.05, 0.1) is 6.61 Å². The maximum Gasteiger partial charge on any atom is 0.317 e. The Hall–Kier alpha value is -2.53. The van der Waals surface area contributed by atoms with Crippen LogP contribution in [0.25, 0.3) is 0 Å². The first-order chi connectivity index (χ1) is 13.0. The van der Waals surface area contributed by atoms with E-state index in [0.29, 0.717) is 19.7 Å². The molecule has 0 fully saturated rings. The molecule has 0 spiro atoms. The molecule has 1 N–H and O–H groups in total. The Morgan fingerprint density at radius 1 is 0.963 bits per heavy atom. The van der Waals surface area contributed by atoms with E-state index in [1.165, 1.54) is 5.56 Å². The Morgan fingerprint density at radius 2 is 1.67 bits per heavy atom. The second kappa shape index (κ2) is 10.6. The van der Waals surface area contributed by atoms with Crippen LogP contribution in [-0.4, -0.2) is 43.1 Å². The summed E-state index contributed by atoms with van der Waals surface area (Å²) >= 11 is 0. The lowest BCUT2D eigenvalue weighted by atomic mass is 10.1. The van der Waals surface area contributed by atoms with Crippen molar-refractivity contribution in [1.29, 1.82) is 0 Å². The predicted molar refractivity (Wildman–Crippen MR) is 110 cm³/mol. The number of nitrogens with zero attached hydrogens (tertiary/aromatic N) is 2. The van der Waals surface area contributed by atoms with Crippen molar-refractivity contribution in [2.75, 3.05) is 27.2 Å². The van der Waals surface area contributed by atoms with Gasteiger partial charge in [-0.05, 0) is 49.3 Å². The Kier molecular flexibility index (Phi) is 8.14. The highest BCUT2D eigenvalue weighted by Crippen LogP contribution is 2.13. The highest BCUT2D eigenvalue weighted by atomic mass is 16.5. The van der Waals surface area contributed by atoms with E-state index in [1.54, 1.807) is 11.9 Å². The predicted octanol–water partition coefficient (Wildman–Crippen LogP) is 3.88. The molecule has 0 saturated heterocycles. The monoisotopic (exact) mass is 369 g/mol. The summed E-state index contributed by atoms with van der Waals surface area (Å²) in [7, 11) is 3.91. The number of ether oxygens (including phenoxy) is 1. The summed E-state index contributed by atoms with van der Waals surface area (Å²) in [6.45, 7) is 7.76. The Labute approximate surface area is 162 Å². The molecule has 0 radical (unpaired) electrons. The number of carbonyl (C=O) groups is 1. The zero-order valence-electron chi connectivity index (χ0n) is 16.9. The molecule has 2 rings (SSSR count). The van der Waals surface area contributed by atoms with E-state index in [0.717, 1.165) is 30.0 Å². The first kappa shape index (κ1) is 20.8. The van der Waals surface area contributed by atoms with E-state index in [-0.39, 0.29) is 6.03 Å². The highest BCUT2D eigenvalue weighted by Gasteiger charge is 2.09. The normalized spacial score (nSPS) is 10.7. The third kappa shape index (κ3) is 6.94. The maximum absolute atomic E-state index is 12.4. The lowest BCUT2D eigenvalue weighted by molar-refractivity contribution is 0.206. The summed E-state index contributed by atoms with van der Waals surface area (Å²) in [5.41, 5.74) is 3.44. The van der Waals surface area contributed by atoms with Gasteiger partial charge >= 0.3 is 6.03 Å². The molecule has 0 bridgehead atoms. The van der Waals surface area contributed by atoms with Gasteiger partial charge < -0.3 is 19.9 Å². The zero-order chi connectivity index (χ0) is 19.6. The number of hydrogen-bond donors (Lipinski definition) is 1. The van der Waals surface area contributed by atoms with Crippen LogP contribution in [0.3, 0.4) is 0 Å². The van der Waals surface area contributed by atoms with Crippen LogP contribution in [-0.2, 0) is 19.6 Å². The Morgan fingerprint density at radius 3 is 2.33 bits per heavy atom. The molecule has 0 aliphatic carbocycles. The minimum atomic E-state index is -0.0834. The average Bonchev–Trinajstić information content (AvgIpc) is 2.68. The summed E-state index contributed by atoms with van der Waals surface area (Å²) < 4.78 is 5.45. The van der Waals surface area contributed by atoms with Gasteiger partial charge in [0.2, 0.25) is 0 Å². The smallest absolute Gasteiger partial charge is 0.317 e. The zero-order valence-corrected chi connectivity index (χ0v) is 16.9. The van der Waals surface area contributed by atoms with Gasteiger partial charge in [0.25, 0.3) is 0 Å². The van der Waals surface area contributed by atoms with E-state index in [2.05, 4.69) is 36.3 Å². The lowest BCUT2D eigenvalue weighted by Gasteiger charge is -2.19. The lowest BCUT2D eigenvalue weighted by Crippen LogP contribution is -2.36. The van der Waals surface area contributed by atoms with E-state index >= 15 is 0 Å². The SMILES string of the molecule is CCOc1ccc(CN(C)C(=O)NCc2cccc(CN(C)CC)c2)cc1. The van der Waals surface area contributed by atoms with Crippen molar-refractivity contribution in [1.82, 2.24) is 15.1 Å². The topological polar surface area (TPSA) is 44.8 Å². The van der Waals surface area contributed by atoms with E-state index in [1.807, 2.05) is 43.3 Å². The molecule has 0 aromatic heterocycles. The number of nitrogens with one attached hydrogen (secondary N) is 1. The van der Waals surface area contributed by atoms with Crippen LogP contribution in [0.1, 0.15) is 30.5 Å². The molecular weight excluding hydrogens is 338 g/mol. The van der Waals surface area contributed by atoms with Crippen LogP contribution in [0.4, 0.5) is 4.79 Å². The molecule has 0 heterocycles. The number of carbonyl (C=O) groups excluding carboxylic acids is 1. The summed E-state index contributed by atoms with van der Waals surface area (Å²) in [4.78, 5) is 16.3. The van der Waals surface area contributed by atoms with Crippen molar-refractivity contribution >= 4 is 6.03 Å². The summed E-state index contributed by atoms with van der Waals surface area (Å²) in [5.74, 6) is 0.849. The van der Waals surface area contributed by atoms with E-state index in [4.69, 9.17) is 4.74 Å². The van der Waals surface area contributed by atoms with Crippen LogP contribution in [0.2, 0.25) is 0 Å². The molecule has 5 nitrogen and oxygen atoms in total. The van der Waals surface area contributed by atoms with Crippen LogP contribution < -0.4 is 10.1 Å². The number of urea groups is 1. The minimum Gasteiger partial charge on any atom is -0.494 e. The molecule has 0 aliphatic rings. The van der Waals surface area contributed by atoms with E-state index < -0.39 is 0 Å². The average molecular weight is 370 g/mol. The second-order valence-corrected chi connectivity index (χ2v) is 6.74. The fourth-order valence-corrected chi connectivity index (χ4v) is 2.78. The van der Waals surface area contributed by atoms with Crippen molar-refractivity contribution in [3.63, 3.8) is 0 Å². The fourth-order valence-electron chi connectivity index (χ4n) is 2.78. The summed E-state index contributed by atoms with van der Waals surface area (Å²) in [6.07, 6.45) is 0. The van der Waals surface area contributed by atoms with Gasteiger partial charge in [-0.1, -0.05) is 43.3 Å². The third-order valence-corrected chi connectivity index (χ3v) is 4.43. The standard InChI is InChI=1S/C22H31N3O2/c1-5-24(3)16-20-9-7-8-19(14-20)15-23-22(26)25(4)17-18-10-12-21(13-11-18)27-6-2/h7-14H,5-6,15-17H2,1-4H3,(H,23,26). The highest BCUT2D eigenvalue weighted by molar-refractivity contribution is 5.73. The van der Waals surface area contributed by atoms with Crippen molar-refractivity contribution in [3.05, 3.63) is 65.2 Å². The molecule has 0 atom stereocenters. The molecule has 146 valence electrons. The summed E-state index contributed by atoms with van der Waals surface area (Å²) in [5, 5.41) is 2.99. The Balaban J connectivity index is 1.84. The number of amides is 2. The number of benzene rings is 2. The van der Waals surface area contributed by atoms with Crippen LogP contribution >= 0.6 is 0 Å². The molecule has 2 aromatic carbocycles. The van der Waals surface area contributed by atoms with Gasteiger partial charge in [-0.15, -0.1) is 0 Å². The molecular formula is C22H31N3O2. The fraction of sp³-hybridized carbons (Fsp3) is 0.409. The van der Waals surface area contributed by atoms with Gasteiger partial charge in [0, 0.05) is 26.7 Å². The van der Waals surface area contributed by atoms with E-state index in [9.17, 15) is 4.79 Å². The van der Waals surface area contributed by atoms with Crippen molar-refractivity contribution in [2.45, 2.75) is 33.5 Å². The molecule has 2 aromatic rings. The van der Waals surface area contributed by atoms with Gasteiger partial charge in [0.1, 0.15) is 5.75 Å². The van der Waals surface area contributed by atoms with Crippen LogP contribution in [0.5, 0.6) is 5.75 Å². The molecule has 27 heavy (non-hydrogen) atoms. The number of hydrogen-bond acceptors (Lipinski definition) is 3. The summed E-state index contributed by atoms with van der Waals surface area (Å²) in [6, 6.07) is 16.1. The van der Waals surface area contributed by atoms with Crippen molar-refractivity contribution < 1.29 is 9.53 Å². The molecule has 0 saturated carbocycles. The quantitative estimate of drug-likeness (QED) is 0.730. The number of rotatable bonds is 9. The first-order valence-corrected chi connectivity index (χ1v) is 9.48. The molecule has 0 unspecified atom stereocenters. The third-order valence-electron chi connectivity index (χ3n) is 4.43. The largest absolute Gasteiger partial charge is 0.494 e. The molecule has 2 amide bonds. The maximum atomic E-state index is 12.4. The first-order valence-electron chi connectivity index (χ1n) is 9.48. The van der Waals surface area contributed by atoms with Crippen molar-refractivity contribution in [3.8, 4) is 5.75 Å². The van der Waals surface area contributed by atoms with Crippen LogP contribution in [0, 0.1) is 0 Å². The van der Waals surface area contributed by atoms with Gasteiger partial charge in [0.15, 0.2) is 0 Å². The Bertz CT molecular complexity index is 716. The van der Waals surface area contributed by atoms with Gasteiger partial charge in [-0.25, -0.2) is 4.79 Å².